The Morgan fingerprint density at radius 2 is 2.00 bits per heavy atom. The Labute approximate surface area is 125 Å². The zero-order valence-electron chi connectivity index (χ0n) is 11.7. The molecule has 0 atom stereocenters. The molecular weight excluding hydrogens is 288 g/mol. The van der Waals surface area contributed by atoms with Crippen molar-refractivity contribution in [3.05, 3.63) is 41.3 Å². The van der Waals surface area contributed by atoms with Crippen molar-refractivity contribution in [1.29, 1.82) is 0 Å². The Kier molecular flexibility index (Phi) is 3.57. The van der Waals surface area contributed by atoms with Crippen LogP contribution in [0.5, 0.6) is 5.75 Å². The van der Waals surface area contributed by atoms with E-state index in [-0.39, 0.29) is 0 Å². The Balaban J connectivity index is 1.80. The summed E-state index contributed by atoms with van der Waals surface area (Å²) in [5.41, 5.74) is 7.57. The molecule has 2 heterocycles. The van der Waals surface area contributed by atoms with E-state index in [1.165, 1.54) is 11.3 Å². The number of hydrogen-bond donors (Lipinski definition) is 1. The maximum Gasteiger partial charge on any atom is 0.270 e. The van der Waals surface area contributed by atoms with Gasteiger partial charge in [0.2, 0.25) is 0 Å². The van der Waals surface area contributed by atoms with Crippen molar-refractivity contribution < 1.29 is 9.26 Å². The predicted molar refractivity (Wildman–Crippen MR) is 80.4 cm³/mol. The highest BCUT2D eigenvalue weighted by Crippen LogP contribution is 2.30. The van der Waals surface area contributed by atoms with E-state index in [2.05, 4.69) is 15.1 Å². The van der Waals surface area contributed by atoms with Gasteiger partial charge in [-0.25, -0.2) is 4.98 Å². The number of anilines is 1. The summed E-state index contributed by atoms with van der Waals surface area (Å²) in [5, 5.41) is 4.50. The third-order valence-electron chi connectivity index (χ3n) is 3.00. The monoisotopic (exact) mass is 302 g/mol. The third-order valence-corrected chi connectivity index (χ3v) is 3.97. The van der Waals surface area contributed by atoms with E-state index in [4.69, 9.17) is 15.0 Å². The van der Waals surface area contributed by atoms with Crippen molar-refractivity contribution in [3.63, 3.8) is 0 Å². The maximum absolute atomic E-state index is 5.68. The molecule has 21 heavy (non-hydrogen) atoms. The van der Waals surface area contributed by atoms with Gasteiger partial charge in [0.05, 0.1) is 12.8 Å². The fourth-order valence-electron chi connectivity index (χ4n) is 1.96. The lowest BCUT2D eigenvalue weighted by atomic mass is 10.1. The molecule has 1 aromatic carbocycles. The summed E-state index contributed by atoms with van der Waals surface area (Å²) in [6, 6.07) is 7.77. The Bertz CT molecular complexity index is 749. The van der Waals surface area contributed by atoms with E-state index >= 15 is 0 Å². The van der Waals surface area contributed by atoms with Gasteiger partial charge in [-0.2, -0.15) is 4.98 Å². The van der Waals surface area contributed by atoms with Gasteiger partial charge in [0, 0.05) is 6.42 Å². The van der Waals surface area contributed by atoms with Crippen LogP contribution in [0.1, 0.15) is 17.1 Å². The SMILES string of the molecule is COc1ccc(Cc2noc(-c3sc(N)nc3C)n2)cc1. The van der Waals surface area contributed by atoms with Crippen LogP contribution in [0, 0.1) is 6.92 Å². The number of thiazole rings is 1. The smallest absolute Gasteiger partial charge is 0.270 e. The first-order valence-electron chi connectivity index (χ1n) is 6.34. The number of aromatic nitrogens is 3. The molecule has 3 aromatic rings. The van der Waals surface area contributed by atoms with Gasteiger partial charge in [0.1, 0.15) is 10.6 Å². The van der Waals surface area contributed by atoms with Gasteiger partial charge >= 0.3 is 0 Å². The van der Waals surface area contributed by atoms with Gasteiger partial charge in [0.25, 0.3) is 5.89 Å². The lowest BCUT2D eigenvalue weighted by Crippen LogP contribution is -1.91. The molecule has 108 valence electrons. The van der Waals surface area contributed by atoms with Crippen molar-refractivity contribution in [2.45, 2.75) is 13.3 Å². The molecule has 0 saturated carbocycles. The molecule has 7 heteroatoms. The summed E-state index contributed by atoms with van der Waals surface area (Å²) >= 11 is 1.35. The molecule has 0 unspecified atom stereocenters. The fraction of sp³-hybridized carbons (Fsp3) is 0.214. The lowest BCUT2D eigenvalue weighted by molar-refractivity contribution is 0.414. The van der Waals surface area contributed by atoms with E-state index in [0.29, 0.717) is 23.3 Å². The van der Waals surface area contributed by atoms with Crippen LogP contribution in [0.4, 0.5) is 5.13 Å². The summed E-state index contributed by atoms with van der Waals surface area (Å²) in [6.07, 6.45) is 0.598. The molecule has 2 N–H and O–H groups in total. The van der Waals surface area contributed by atoms with Crippen LogP contribution in [0.25, 0.3) is 10.8 Å². The summed E-state index contributed by atoms with van der Waals surface area (Å²) in [7, 11) is 1.64. The summed E-state index contributed by atoms with van der Waals surface area (Å²) < 4.78 is 10.4. The molecule has 0 aliphatic rings. The molecule has 2 aromatic heterocycles. The molecule has 3 rings (SSSR count). The number of nitrogens with zero attached hydrogens (tertiary/aromatic N) is 3. The van der Waals surface area contributed by atoms with E-state index in [9.17, 15) is 0 Å². The number of nitrogens with two attached hydrogens (primary N) is 1. The van der Waals surface area contributed by atoms with Crippen LogP contribution in [0.2, 0.25) is 0 Å². The van der Waals surface area contributed by atoms with Crippen LogP contribution < -0.4 is 10.5 Å². The van der Waals surface area contributed by atoms with Crippen molar-refractivity contribution in [3.8, 4) is 16.5 Å². The number of rotatable bonds is 4. The number of ether oxygens (including phenoxy) is 1. The third kappa shape index (κ3) is 2.87. The van der Waals surface area contributed by atoms with Gasteiger partial charge in [-0.15, -0.1) is 0 Å². The molecule has 0 bridgehead atoms. The normalized spacial score (nSPS) is 10.8. The highest BCUT2D eigenvalue weighted by Gasteiger charge is 2.15. The van der Waals surface area contributed by atoms with Crippen LogP contribution in [-0.4, -0.2) is 22.2 Å². The van der Waals surface area contributed by atoms with E-state index < -0.39 is 0 Å². The number of benzene rings is 1. The largest absolute Gasteiger partial charge is 0.497 e. The van der Waals surface area contributed by atoms with Crippen molar-refractivity contribution in [2.24, 2.45) is 0 Å². The number of aryl methyl sites for hydroxylation is 1. The molecule has 0 amide bonds. The molecule has 0 spiro atoms. The first-order valence-corrected chi connectivity index (χ1v) is 7.16. The van der Waals surface area contributed by atoms with Crippen LogP contribution >= 0.6 is 11.3 Å². The molecule has 0 radical (unpaired) electrons. The molecule has 0 fully saturated rings. The average molecular weight is 302 g/mol. The van der Waals surface area contributed by atoms with Crippen LogP contribution in [0.15, 0.2) is 28.8 Å². The zero-order valence-corrected chi connectivity index (χ0v) is 12.5. The Morgan fingerprint density at radius 3 is 2.62 bits per heavy atom. The Morgan fingerprint density at radius 1 is 1.24 bits per heavy atom. The maximum atomic E-state index is 5.68. The van der Waals surface area contributed by atoms with Gasteiger partial charge in [-0.05, 0) is 24.6 Å². The molecule has 6 nitrogen and oxygen atoms in total. The second-order valence-corrected chi connectivity index (χ2v) is 5.54. The minimum absolute atomic E-state index is 0.463. The summed E-state index contributed by atoms with van der Waals surface area (Å²) in [6.45, 7) is 1.87. The van der Waals surface area contributed by atoms with Gasteiger partial charge in [-0.3, -0.25) is 0 Å². The van der Waals surface area contributed by atoms with E-state index in [1.807, 2.05) is 31.2 Å². The Hall–Kier alpha value is -2.41. The molecular formula is C14H14N4O2S. The molecule has 0 aliphatic carbocycles. The second-order valence-electron chi connectivity index (χ2n) is 4.51. The lowest BCUT2D eigenvalue weighted by Gasteiger charge is -2.00. The molecule has 0 aliphatic heterocycles. The number of nitrogen functional groups attached to an aromatic ring is 1. The average Bonchev–Trinajstić information content (AvgIpc) is 3.06. The highest BCUT2D eigenvalue weighted by molar-refractivity contribution is 7.18. The minimum Gasteiger partial charge on any atom is -0.497 e. The topological polar surface area (TPSA) is 87.1 Å². The van der Waals surface area contributed by atoms with Crippen LogP contribution in [-0.2, 0) is 6.42 Å². The first-order chi connectivity index (χ1) is 10.2. The van der Waals surface area contributed by atoms with Gasteiger partial charge in [0.15, 0.2) is 11.0 Å². The number of hydrogen-bond acceptors (Lipinski definition) is 7. The molecule has 0 saturated heterocycles. The standard InChI is InChI=1S/C14H14N4O2S/c1-8-12(21-14(15)16-8)13-17-11(18-20-13)7-9-3-5-10(19-2)6-4-9/h3-6H,7H2,1-2H3,(H2,15,16). The van der Waals surface area contributed by atoms with Crippen molar-refractivity contribution in [1.82, 2.24) is 15.1 Å². The van der Waals surface area contributed by atoms with E-state index in [1.54, 1.807) is 7.11 Å². The van der Waals surface area contributed by atoms with Crippen molar-refractivity contribution >= 4 is 16.5 Å². The predicted octanol–water partition coefficient (Wildman–Crippen LogP) is 2.68. The zero-order chi connectivity index (χ0) is 14.8. The van der Waals surface area contributed by atoms with Gasteiger partial charge < -0.3 is 15.0 Å². The summed E-state index contributed by atoms with van der Waals surface area (Å²) in [4.78, 5) is 9.37. The van der Waals surface area contributed by atoms with Gasteiger partial charge in [-0.1, -0.05) is 28.6 Å². The minimum atomic E-state index is 0.463. The van der Waals surface area contributed by atoms with Crippen LogP contribution in [0.3, 0.4) is 0 Å². The fourth-order valence-corrected chi connectivity index (χ4v) is 2.71. The first kappa shape index (κ1) is 13.6. The van der Waals surface area contributed by atoms with E-state index in [0.717, 1.165) is 21.9 Å². The van der Waals surface area contributed by atoms with Crippen molar-refractivity contribution in [2.75, 3.05) is 12.8 Å². The number of methoxy groups -OCH3 is 1. The quantitative estimate of drug-likeness (QED) is 0.797. The summed E-state index contributed by atoms with van der Waals surface area (Å²) in [5.74, 6) is 1.91. The highest BCUT2D eigenvalue weighted by atomic mass is 32.1. The second kappa shape index (κ2) is 5.53.